The summed E-state index contributed by atoms with van der Waals surface area (Å²) in [5.74, 6) is 1.03. The fraction of sp³-hybridized carbons (Fsp3) is 0.571. The molecule has 0 radical (unpaired) electrons. The van der Waals surface area contributed by atoms with Gasteiger partial charge in [-0.3, -0.25) is 0 Å². The third-order valence-corrected chi connectivity index (χ3v) is 5.10. The standard InChI is InChI=1S/C14H22ClNO2S/c1-12(2)9-11-16(3)19(17,18)14-6-4-13(5-7-14)8-10-15/h4-7,12H,8-11H2,1-3H3. The van der Waals surface area contributed by atoms with Crippen LogP contribution < -0.4 is 0 Å². The third-order valence-electron chi connectivity index (χ3n) is 3.04. The van der Waals surface area contributed by atoms with E-state index < -0.39 is 10.0 Å². The first-order valence-corrected chi connectivity index (χ1v) is 8.46. The average Bonchev–Trinajstić information content (AvgIpc) is 2.36. The first kappa shape index (κ1) is 16.5. The molecule has 0 heterocycles. The van der Waals surface area contributed by atoms with E-state index in [2.05, 4.69) is 13.8 Å². The Kier molecular flexibility index (Phi) is 6.30. The van der Waals surface area contributed by atoms with Crippen LogP contribution in [0.15, 0.2) is 29.2 Å². The average molecular weight is 304 g/mol. The van der Waals surface area contributed by atoms with Crippen molar-refractivity contribution in [3.8, 4) is 0 Å². The summed E-state index contributed by atoms with van der Waals surface area (Å²) < 4.78 is 26.0. The van der Waals surface area contributed by atoms with Gasteiger partial charge in [0.05, 0.1) is 4.90 Å². The predicted octanol–water partition coefficient (Wildman–Crippen LogP) is 3.13. The van der Waals surface area contributed by atoms with Crippen LogP contribution in [0.25, 0.3) is 0 Å². The molecule has 19 heavy (non-hydrogen) atoms. The van der Waals surface area contributed by atoms with Crippen molar-refractivity contribution >= 4 is 21.6 Å². The van der Waals surface area contributed by atoms with Gasteiger partial charge in [0.1, 0.15) is 0 Å². The van der Waals surface area contributed by atoms with Gasteiger partial charge in [-0.1, -0.05) is 26.0 Å². The molecule has 0 spiro atoms. The zero-order valence-electron chi connectivity index (χ0n) is 11.8. The van der Waals surface area contributed by atoms with E-state index in [-0.39, 0.29) is 0 Å². The van der Waals surface area contributed by atoms with Crippen molar-refractivity contribution in [2.45, 2.75) is 31.6 Å². The molecule has 3 nitrogen and oxygen atoms in total. The summed E-state index contributed by atoms with van der Waals surface area (Å²) in [5, 5.41) is 0. The summed E-state index contributed by atoms with van der Waals surface area (Å²) >= 11 is 5.66. The van der Waals surface area contributed by atoms with E-state index >= 15 is 0 Å². The van der Waals surface area contributed by atoms with Gasteiger partial charge in [0, 0.05) is 19.5 Å². The van der Waals surface area contributed by atoms with Crippen molar-refractivity contribution in [3.63, 3.8) is 0 Å². The number of alkyl halides is 1. The van der Waals surface area contributed by atoms with Crippen molar-refractivity contribution in [2.75, 3.05) is 19.5 Å². The van der Waals surface area contributed by atoms with Crippen LogP contribution >= 0.6 is 11.6 Å². The molecule has 0 aliphatic rings. The van der Waals surface area contributed by atoms with Gasteiger partial charge in [-0.25, -0.2) is 12.7 Å². The second-order valence-corrected chi connectivity index (χ2v) is 7.51. The lowest BCUT2D eigenvalue weighted by molar-refractivity contribution is 0.428. The molecule has 1 aromatic carbocycles. The van der Waals surface area contributed by atoms with Crippen LogP contribution in [0.5, 0.6) is 0 Å². The summed E-state index contributed by atoms with van der Waals surface area (Å²) in [7, 11) is -1.74. The predicted molar refractivity (Wildman–Crippen MR) is 80.1 cm³/mol. The SMILES string of the molecule is CC(C)CCN(C)S(=O)(=O)c1ccc(CCCl)cc1. The minimum Gasteiger partial charge on any atom is -0.207 e. The van der Waals surface area contributed by atoms with Gasteiger partial charge < -0.3 is 0 Å². The van der Waals surface area contributed by atoms with Crippen molar-refractivity contribution in [1.29, 1.82) is 0 Å². The Balaban J connectivity index is 2.81. The number of benzene rings is 1. The van der Waals surface area contributed by atoms with Crippen molar-refractivity contribution in [1.82, 2.24) is 4.31 Å². The van der Waals surface area contributed by atoms with Gasteiger partial charge in [0.2, 0.25) is 10.0 Å². The lowest BCUT2D eigenvalue weighted by atomic mass is 10.1. The van der Waals surface area contributed by atoms with Crippen LogP contribution in [0.4, 0.5) is 0 Å². The fourth-order valence-electron chi connectivity index (χ4n) is 1.68. The smallest absolute Gasteiger partial charge is 0.207 e. The molecule has 0 fully saturated rings. The van der Waals surface area contributed by atoms with E-state index in [1.807, 2.05) is 12.1 Å². The minimum atomic E-state index is -3.37. The third kappa shape index (κ3) is 4.79. The molecule has 0 aromatic heterocycles. The molecule has 0 aliphatic carbocycles. The van der Waals surface area contributed by atoms with Gasteiger partial charge in [-0.2, -0.15) is 0 Å². The summed E-state index contributed by atoms with van der Waals surface area (Å²) in [4.78, 5) is 0.345. The molecule has 0 saturated heterocycles. The van der Waals surface area contributed by atoms with Crippen LogP contribution in [0.2, 0.25) is 0 Å². The summed E-state index contributed by atoms with van der Waals surface area (Å²) in [6.45, 7) is 4.71. The Morgan fingerprint density at radius 3 is 2.26 bits per heavy atom. The highest BCUT2D eigenvalue weighted by molar-refractivity contribution is 7.89. The van der Waals surface area contributed by atoms with Crippen LogP contribution in [0, 0.1) is 5.92 Å². The number of nitrogens with zero attached hydrogens (tertiary/aromatic N) is 1. The van der Waals surface area contributed by atoms with Crippen LogP contribution in [0.1, 0.15) is 25.8 Å². The Morgan fingerprint density at radius 2 is 1.79 bits per heavy atom. The topological polar surface area (TPSA) is 37.4 Å². The monoisotopic (exact) mass is 303 g/mol. The van der Waals surface area contributed by atoms with Gasteiger partial charge in [0.15, 0.2) is 0 Å². The highest BCUT2D eigenvalue weighted by Crippen LogP contribution is 2.16. The largest absolute Gasteiger partial charge is 0.242 e. The van der Waals surface area contributed by atoms with Gasteiger partial charge >= 0.3 is 0 Å². The first-order valence-electron chi connectivity index (χ1n) is 6.49. The molecule has 0 saturated carbocycles. The van der Waals surface area contributed by atoms with Gasteiger partial charge in [-0.05, 0) is 36.5 Å². The first-order chi connectivity index (χ1) is 8.87. The molecule has 5 heteroatoms. The second kappa shape index (κ2) is 7.27. The molecule has 0 bridgehead atoms. The molecule has 0 amide bonds. The normalized spacial score (nSPS) is 12.3. The maximum atomic E-state index is 12.3. The van der Waals surface area contributed by atoms with Crippen LogP contribution in [-0.4, -0.2) is 32.2 Å². The van der Waals surface area contributed by atoms with Crippen molar-refractivity contribution in [3.05, 3.63) is 29.8 Å². The highest BCUT2D eigenvalue weighted by atomic mass is 35.5. The number of aryl methyl sites for hydroxylation is 1. The quantitative estimate of drug-likeness (QED) is 0.726. The Bertz CT molecular complexity index is 483. The lowest BCUT2D eigenvalue weighted by Crippen LogP contribution is -2.28. The van der Waals surface area contributed by atoms with E-state index in [0.29, 0.717) is 23.2 Å². The fourth-order valence-corrected chi connectivity index (χ4v) is 3.08. The van der Waals surface area contributed by atoms with Crippen LogP contribution in [0.3, 0.4) is 0 Å². The van der Waals surface area contributed by atoms with E-state index in [4.69, 9.17) is 11.6 Å². The second-order valence-electron chi connectivity index (χ2n) is 5.09. The zero-order chi connectivity index (χ0) is 14.5. The lowest BCUT2D eigenvalue weighted by Gasteiger charge is -2.18. The summed E-state index contributed by atoms with van der Waals surface area (Å²) in [6.07, 6.45) is 1.62. The maximum Gasteiger partial charge on any atom is 0.242 e. The molecular weight excluding hydrogens is 282 g/mol. The Labute approximate surface area is 121 Å². The van der Waals surface area contributed by atoms with Crippen LogP contribution in [-0.2, 0) is 16.4 Å². The number of sulfonamides is 1. The number of rotatable bonds is 7. The Morgan fingerprint density at radius 1 is 1.21 bits per heavy atom. The van der Waals surface area contributed by atoms with E-state index in [1.165, 1.54) is 4.31 Å². The van der Waals surface area contributed by atoms with Gasteiger partial charge in [-0.15, -0.1) is 11.6 Å². The van der Waals surface area contributed by atoms with Crippen molar-refractivity contribution in [2.24, 2.45) is 5.92 Å². The number of hydrogen-bond donors (Lipinski definition) is 0. The molecule has 1 aromatic rings. The zero-order valence-corrected chi connectivity index (χ0v) is 13.3. The Hall–Kier alpha value is -0.580. The summed E-state index contributed by atoms with van der Waals surface area (Å²) in [5.41, 5.74) is 1.05. The summed E-state index contributed by atoms with van der Waals surface area (Å²) in [6, 6.07) is 6.96. The molecule has 0 unspecified atom stereocenters. The van der Waals surface area contributed by atoms with E-state index in [0.717, 1.165) is 18.4 Å². The highest BCUT2D eigenvalue weighted by Gasteiger charge is 2.20. The molecule has 0 N–H and O–H groups in total. The van der Waals surface area contributed by atoms with E-state index in [9.17, 15) is 8.42 Å². The molecule has 0 atom stereocenters. The number of hydrogen-bond acceptors (Lipinski definition) is 2. The molecule has 108 valence electrons. The van der Waals surface area contributed by atoms with E-state index in [1.54, 1.807) is 19.2 Å². The number of halogens is 1. The molecular formula is C14H22ClNO2S. The molecule has 1 rings (SSSR count). The minimum absolute atomic E-state index is 0.345. The maximum absolute atomic E-state index is 12.3. The van der Waals surface area contributed by atoms with Gasteiger partial charge in [0.25, 0.3) is 0 Å². The molecule has 0 aliphatic heterocycles. The van der Waals surface area contributed by atoms with Crippen molar-refractivity contribution < 1.29 is 8.42 Å².